The molecule has 2 aromatic carbocycles. The first-order valence-electron chi connectivity index (χ1n) is 13.7. The van der Waals surface area contributed by atoms with Gasteiger partial charge in [-0.1, -0.05) is 29.8 Å². The van der Waals surface area contributed by atoms with E-state index in [2.05, 4.69) is 21.2 Å². The third-order valence-electron chi connectivity index (χ3n) is 8.64. The second kappa shape index (κ2) is 10.2. The molecule has 4 unspecified atom stereocenters. The molecule has 210 valence electrons. The number of Topliss-reactive ketones (excluding diaryl/α,β-unsaturated/α-hetero) is 1. The van der Waals surface area contributed by atoms with Gasteiger partial charge in [0, 0.05) is 28.6 Å². The minimum Gasteiger partial charge on any atom is -0.463 e. The van der Waals surface area contributed by atoms with Gasteiger partial charge < -0.3 is 14.8 Å². The number of nitrogens with one attached hydrogen (secondary N) is 1. The maximum Gasteiger partial charge on any atom is 0.238 e. The molecule has 0 saturated carbocycles. The Labute approximate surface area is 249 Å². The van der Waals surface area contributed by atoms with Crippen molar-refractivity contribution >= 4 is 56.4 Å². The predicted octanol–water partition coefficient (Wildman–Crippen LogP) is 5.48. The predicted molar refractivity (Wildman–Crippen MR) is 158 cm³/mol. The molecule has 9 heteroatoms. The number of para-hydroxylation sites is 1. The molecule has 2 N–H and O–H groups in total. The number of rotatable bonds is 5. The summed E-state index contributed by atoms with van der Waals surface area (Å²) in [6.45, 7) is -0.314. The van der Waals surface area contributed by atoms with Gasteiger partial charge in [0.2, 0.25) is 11.8 Å². The molecule has 0 radical (unpaired) electrons. The van der Waals surface area contributed by atoms with Crippen molar-refractivity contribution < 1.29 is 28.7 Å². The number of anilines is 3. The van der Waals surface area contributed by atoms with Crippen molar-refractivity contribution in [1.29, 1.82) is 0 Å². The number of aliphatic hydroxyl groups is 1. The zero-order chi connectivity index (χ0) is 29.1. The molecular weight excluding hydrogens is 600 g/mol. The van der Waals surface area contributed by atoms with Crippen molar-refractivity contribution in [3.05, 3.63) is 112 Å². The maximum atomic E-state index is 14.1. The van der Waals surface area contributed by atoms with Crippen molar-refractivity contribution in [3.63, 3.8) is 0 Å². The van der Waals surface area contributed by atoms with Crippen LogP contribution in [0.25, 0.3) is 0 Å². The standard InChI is InChI=1S/C33H25BrN2O6/c34-25-15-26(38)29-24(31(25)39)14-23-21(30(29)27-13-10-20(16-37)42-27)11-12-22-28(23)33(41)36(32(22)40)19-8-6-18(7-9-19)35-17-4-2-1-3-5-17/h1-11,13,15,22-23,28,30,35,37H,12,14,16H2. The van der Waals surface area contributed by atoms with Gasteiger partial charge in [-0.05, 0) is 83.2 Å². The molecule has 7 rings (SSSR count). The van der Waals surface area contributed by atoms with E-state index in [9.17, 15) is 24.3 Å². The molecule has 0 spiro atoms. The van der Waals surface area contributed by atoms with E-state index in [0.717, 1.165) is 16.9 Å². The normalized spacial score (nSPS) is 25.1. The number of hydrogen-bond donors (Lipinski definition) is 2. The lowest BCUT2D eigenvalue weighted by atomic mass is 9.60. The van der Waals surface area contributed by atoms with Crippen LogP contribution in [-0.2, 0) is 25.8 Å². The number of nitrogens with zero attached hydrogens (tertiary/aromatic N) is 1. The lowest BCUT2D eigenvalue weighted by molar-refractivity contribution is -0.123. The number of allylic oxidation sites excluding steroid dienone is 6. The molecule has 4 atom stereocenters. The average Bonchev–Trinajstić information content (AvgIpc) is 3.58. The Morgan fingerprint density at radius 2 is 1.64 bits per heavy atom. The summed E-state index contributed by atoms with van der Waals surface area (Å²) in [6.07, 6.45) is 3.72. The summed E-state index contributed by atoms with van der Waals surface area (Å²) in [7, 11) is 0. The molecule has 2 heterocycles. The maximum absolute atomic E-state index is 14.1. The van der Waals surface area contributed by atoms with Gasteiger partial charge in [0.15, 0.2) is 11.6 Å². The quantitative estimate of drug-likeness (QED) is 0.219. The Balaban J connectivity index is 1.24. The SMILES string of the molecule is O=C1C=C(Br)C(=O)C2=C1C(c1ccc(CO)o1)C1=CCC3C(=O)N(c4ccc(Nc5ccccc5)cc4)C(=O)C3C1C2. The van der Waals surface area contributed by atoms with E-state index in [1.807, 2.05) is 48.5 Å². The second-order valence-electron chi connectivity index (χ2n) is 10.9. The summed E-state index contributed by atoms with van der Waals surface area (Å²) in [5.74, 6) is -2.85. The van der Waals surface area contributed by atoms with Crippen LogP contribution in [-0.4, -0.2) is 28.5 Å². The number of carbonyl (C=O) groups excluding carboxylic acids is 4. The van der Waals surface area contributed by atoms with Crippen LogP contribution in [0.4, 0.5) is 17.1 Å². The van der Waals surface area contributed by atoms with Crippen LogP contribution >= 0.6 is 15.9 Å². The van der Waals surface area contributed by atoms with E-state index in [0.29, 0.717) is 34.8 Å². The number of furan rings is 1. The van der Waals surface area contributed by atoms with Crippen molar-refractivity contribution in [1.82, 2.24) is 0 Å². The van der Waals surface area contributed by atoms with Crippen LogP contribution in [0.3, 0.4) is 0 Å². The van der Waals surface area contributed by atoms with Gasteiger partial charge in [-0.2, -0.15) is 0 Å². The minimum absolute atomic E-state index is 0.167. The average molecular weight is 625 g/mol. The summed E-state index contributed by atoms with van der Waals surface area (Å²) in [5, 5.41) is 12.9. The van der Waals surface area contributed by atoms with E-state index in [1.54, 1.807) is 24.3 Å². The molecule has 1 saturated heterocycles. The molecule has 8 nitrogen and oxygen atoms in total. The smallest absolute Gasteiger partial charge is 0.238 e. The molecule has 3 aliphatic carbocycles. The first-order chi connectivity index (χ1) is 20.4. The van der Waals surface area contributed by atoms with Gasteiger partial charge in [-0.15, -0.1) is 0 Å². The highest BCUT2D eigenvalue weighted by molar-refractivity contribution is 9.12. The van der Waals surface area contributed by atoms with Crippen molar-refractivity contribution in [2.45, 2.75) is 25.4 Å². The van der Waals surface area contributed by atoms with Crippen molar-refractivity contribution in [2.24, 2.45) is 17.8 Å². The van der Waals surface area contributed by atoms with E-state index >= 15 is 0 Å². The first-order valence-corrected chi connectivity index (χ1v) is 14.5. The number of hydrogen-bond acceptors (Lipinski definition) is 7. The van der Waals surface area contributed by atoms with Crippen LogP contribution < -0.4 is 10.2 Å². The summed E-state index contributed by atoms with van der Waals surface area (Å²) < 4.78 is 6.06. The number of amides is 2. The van der Waals surface area contributed by atoms with Gasteiger partial charge in [-0.25, -0.2) is 0 Å². The summed E-state index contributed by atoms with van der Waals surface area (Å²) in [6, 6.07) is 20.2. The van der Waals surface area contributed by atoms with Gasteiger partial charge in [0.25, 0.3) is 0 Å². The Morgan fingerprint density at radius 1 is 0.905 bits per heavy atom. The largest absolute Gasteiger partial charge is 0.463 e. The highest BCUT2D eigenvalue weighted by atomic mass is 79.9. The van der Waals surface area contributed by atoms with E-state index in [-0.39, 0.29) is 40.9 Å². The molecule has 4 aliphatic rings. The number of aliphatic hydroxyl groups excluding tert-OH is 1. The number of imide groups is 1. The molecule has 1 aliphatic heterocycles. The Morgan fingerprint density at radius 3 is 2.36 bits per heavy atom. The Bertz CT molecular complexity index is 1750. The summed E-state index contributed by atoms with van der Waals surface area (Å²) in [5.41, 5.74) is 3.69. The number of halogens is 1. The van der Waals surface area contributed by atoms with Crippen LogP contribution in [0.5, 0.6) is 0 Å². The zero-order valence-corrected chi connectivity index (χ0v) is 23.8. The molecule has 1 fully saturated rings. The van der Waals surface area contributed by atoms with E-state index in [1.165, 1.54) is 11.0 Å². The number of fused-ring (bicyclic) bond motifs is 3. The summed E-state index contributed by atoms with van der Waals surface area (Å²) >= 11 is 3.23. The van der Waals surface area contributed by atoms with Crippen LogP contribution in [0.15, 0.2) is 105 Å². The minimum atomic E-state index is -0.686. The topological polar surface area (TPSA) is 117 Å². The fourth-order valence-electron chi connectivity index (χ4n) is 6.80. The molecule has 1 aromatic heterocycles. The van der Waals surface area contributed by atoms with Crippen molar-refractivity contribution in [3.8, 4) is 0 Å². The molecule has 42 heavy (non-hydrogen) atoms. The molecule has 2 amide bonds. The summed E-state index contributed by atoms with van der Waals surface area (Å²) in [4.78, 5) is 55.6. The third kappa shape index (κ3) is 4.15. The number of benzene rings is 2. The lowest BCUT2D eigenvalue weighted by Crippen LogP contribution is -2.39. The third-order valence-corrected chi connectivity index (χ3v) is 9.23. The number of carbonyl (C=O) groups is 4. The number of ketones is 2. The Hall–Kier alpha value is -4.34. The fourth-order valence-corrected chi connectivity index (χ4v) is 7.25. The highest BCUT2D eigenvalue weighted by Gasteiger charge is 2.57. The Kier molecular flexibility index (Phi) is 6.44. The van der Waals surface area contributed by atoms with Gasteiger partial charge >= 0.3 is 0 Å². The van der Waals surface area contributed by atoms with Crippen LogP contribution in [0.2, 0.25) is 0 Å². The first kappa shape index (κ1) is 26.6. The fraction of sp³-hybridized carbons (Fsp3) is 0.212. The van der Waals surface area contributed by atoms with E-state index in [4.69, 9.17) is 4.42 Å². The van der Waals surface area contributed by atoms with Crippen molar-refractivity contribution in [2.75, 3.05) is 10.2 Å². The highest BCUT2D eigenvalue weighted by Crippen LogP contribution is 2.55. The molecular formula is C33H25BrN2O6. The second-order valence-corrected chi connectivity index (χ2v) is 11.8. The molecule has 0 bridgehead atoms. The lowest BCUT2D eigenvalue weighted by Gasteiger charge is -2.41. The van der Waals surface area contributed by atoms with Crippen LogP contribution in [0, 0.1) is 17.8 Å². The van der Waals surface area contributed by atoms with Crippen LogP contribution in [0.1, 0.15) is 30.3 Å². The van der Waals surface area contributed by atoms with Gasteiger partial charge in [0.1, 0.15) is 18.1 Å². The monoisotopic (exact) mass is 624 g/mol. The van der Waals surface area contributed by atoms with E-state index < -0.39 is 23.7 Å². The van der Waals surface area contributed by atoms with Gasteiger partial charge in [0.05, 0.1) is 27.9 Å². The van der Waals surface area contributed by atoms with Gasteiger partial charge in [-0.3, -0.25) is 24.1 Å². The zero-order valence-electron chi connectivity index (χ0n) is 22.2. The molecule has 3 aromatic rings.